The van der Waals surface area contributed by atoms with Gasteiger partial charge in [0.05, 0.1) is 46.9 Å². The molecule has 5 rings (SSSR count). The van der Waals surface area contributed by atoms with Gasteiger partial charge < -0.3 is 19.5 Å². The van der Waals surface area contributed by atoms with Gasteiger partial charge >= 0.3 is 0 Å². The van der Waals surface area contributed by atoms with Crippen molar-refractivity contribution in [1.29, 1.82) is 0 Å². The first-order valence-electron chi connectivity index (χ1n) is 11.6. The van der Waals surface area contributed by atoms with Crippen LogP contribution in [0.2, 0.25) is 0 Å². The first-order chi connectivity index (χ1) is 15.2. The number of nitrogens with one attached hydrogen (secondary N) is 2. The molecule has 0 radical (unpaired) electrons. The Morgan fingerprint density at radius 2 is 1.78 bits per heavy atom. The van der Waals surface area contributed by atoms with Crippen LogP contribution in [-0.4, -0.2) is 96.4 Å². The number of fused-ring (bicyclic) bond motifs is 2. The van der Waals surface area contributed by atoms with E-state index in [1.54, 1.807) is 14.2 Å². The maximum absolute atomic E-state index is 14.3. The van der Waals surface area contributed by atoms with Gasteiger partial charge in [0.1, 0.15) is 0 Å². The summed E-state index contributed by atoms with van der Waals surface area (Å²) in [6.07, 6.45) is -0.0625. The number of nitrogens with zero attached hydrogens (tertiary/aromatic N) is 1. The first-order valence-corrected chi connectivity index (χ1v) is 13.1. The van der Waals surface area contributed by atoms with Crippen molar-refractivity contribution in [3.8, 4) is 0 Å². The SMILES string of the molecule is COC1CC(OC)C2C(=O)[C@@]3(OC2C1Cl)C(=O)C1C(C[C@H]3C)NN(C)C1C1CSC(C)N1. The first kappa shape index (κ1) is 23.5. The third kappa shape index (κ3) is 3.19. The summed E-state index contributed by atoms with van der Waals surface area (Å²) in [5.41, 5.74) is 2.05. The van der Waals surface area contributed by atoms with E-state index in [1.807, 2.05) is 25.7 Å². The van der Waals surface area contributed by atoms with E-state index in [1.165, 1.54) is 0 Å². The van der Waals surface area contributed by atoms with E-state index in [4.69, 9.17) is 25.8 Å². The van der Waals surface area contributed by atoms with Gasteiger partial charge in [-0.15, -0.1) is 23.4 Å². The van der Waals surface area contributed by atoms with E-state index in [0.717, 1.165) is 5.75 Å². The molecule has 0 aromatic carbocycles. The van der Waals surface area contributed by atoms with E-state index in [-0.39, 0.29) is 53.7 Å². The highest BCUT2D eigenvalue weighted by Gasteiger charge is 2.71. The van der Waals surface area contributed by atoms with Crippen molar-refractivity contribution in [2.45, 2.75) is 79.5 Å². The van der Waals surface area contributed by atoms with Gasteiger partial charge in [-0.25, -0.2) is 5.01 Å². The summed E-state index contributed by atoms with van der Waals surface area (Å²) in [7, 11) is 5.20. The zero-order chi connectivity index (χ0) is 22.9. The zero-order valence-corrected chi connectivity index (χ0v) is 20.8. The fourth-order valence-corrected chi connectivity index (χ4v) is 8.43. The topological polar surface area (TPSA) is 89.1 Å². The lowest BCUT2D eigenvalue weighted by Crippen LogP contribution is -2.63. The minimum atomic E-state index is -1.47. The fourth-order valence-electron chi connectivity index (χ4n) is 6.96. The van der Waals surface area contributed by atoms with Gasteiger partial charge in [-0.2, -0.15) is 0 Å². The Kier molecular flexibility index (Phi) is 6.20. The third-order valence-corrected chi connectivity index (χ3v) is 10.2. The molecule has 10 unspecified atom stereocenters. The number of hydrogen-bond acceptors (Lipinski definition) is 9. The Morgan fingerprint density at radius 3 is 2.41 bits per heavy atom. The largest absolute Gasteiger partial charge is 0.380 e. The third-order valence-electron chi connectivity index (χ3n) is 8.46. The summed E-state index contributed by atoms with van der Waals surface area (Å²) in [5.74, 6) is -0.440. The van der Waals surface area contributed by atoms with Gasteiger partial charge in [0.2, 0.25) is 0 Å². The molecule has 0 amide bonds. The van der Waals surface area contributed by atoms with Crippen molar-refractivity contribution in [2.75, 3.05) is 27.0 Å². The van der Waals surface area contributed by atoms with Crippen LogP contribution in [0.15, 0.2) is 0 Å². The number of methoxy groups -OCH3 is 2. The standard InChI is InChI=1S/C22H34ClN3O5S/c1-9-6-11-15(18(26(3)25-11)12-8-32-10(2)24-12)20(27)22(9)21(28)16-13(29-4)7-14(30-5)17(23)19(16)31-22/h9-19,24-25H,6-8H2,1-5H3/t9-,10?,11?,12?,13?,14?,15?,16?,17?,18?,19?,22+/m1/s1. The van der Waals surface area contributed by atoms with Gasteiger partial charge in [-0.1, -0.05) is 6.92 Å². The fraction of sp³-hybridized carbons (Fsp3) is 0.909. The Balaban J connectivity index is 1.50. The van der Waals surface area contributed by atoms with E-state index in [2.05, 4.69) is 22.7 Å². The molecule has 0 aromatic heterocycles. The molecule has 2 saturated carbocycles. The molecule has 2 N–H and O–H groups in total. The Hall–Kier alpha value is -0.260. The van der Waals surface area contributed by atoms with Crippen molar-refractivity contribution in [3.63, 3.8) is 0 Å². The molecular formula is C22H34ClN3O5S. The number of Topliss-reactive ketones (excluding diaryl/α,β-unsaturated/α-hetero) is 2. The highest BCUT2D eigenvalue weighted by Crippen LogP contribution is 2.52. The molecule has 1 spiro atoms. The molecule has 8 nitrogen and oxygen atoms in total. The molecule has 0 bridgehead atoms. The number of ether oxygens (including phenoxy) is 3. The number of alkyl halides is 1. The Labute approximate surface area is 198 Å². The molecule has 3 aliphatic heterocycles. The summed E-state index contributed by atoms with van der Waals surface area (Å²) in [6.45, 7) is 4.10. The monoisotopic (exact) mass is 487 g/mol. The van der Waals surface area contributed by atoms with Crippen molar-refractivity contribution in [3.05, 3.63) is 0 Å². The van der Waals surface area contributed by atoms with Crippen molar-refractivity contribution in [2.24, 2.45) is 17.8 Å². The van der Waals surface area contributed by atoms with Gasteiger partial charge in [0, 0.05) is 51.4 Å². The summed E-state index contributed by atoms with van der Waals surface area (Å²) in [4.78, 5) is 28.3. The molecule has 5 fully saturated rings. The minimum absolute atomic E-state index is 0.00315. The van der Waals surface area contributed by atoms with Crippen LogP contribution in [0.4, 0.5) is 0 Å². The van der Waals surface area contributed by atoms with Gasteiger partial charge in [-0.3, -0.25) is 15.0 Å². The predicted molar refractivity (Wildman–Crippen MR) is 122 cm³/mol. The predicted octanol–water partition coefficient (Wildman–Crippen LogP) is 0.814. The van der Waals surface area contributed by atoms with Gasteiger partial charge in [0.25, 0.3) is 0 Å². The number of hydrogen-bond donors (Lipinski definition) is 2. The molecule has 0 aromatic rings. The van der Waals surface area contributed by atoms with Crippen LogP contribution in [0, 0.1) is 17.8 Å². The van der Waals surface area contributed by atoms with Crippen LogP contribution in [0.25, 0.3) is 0 Å². The molecule has 5 aliphatic rings. The van der Waals surface area contributed by atoms with E-state index >= 15 is 0 Å². The number of rotatable bonds is 3. The summed E-state index contributed by atoms with van der Waals surface area (Å²) < 4.78 is 17.8. The molecule has 3 saturated heterocycles. The van der Waals surface area contributed by atoms with Crippen LogP contribution in [0.3, 0.4) is 0 Å². The van der Waals surface area contributed by atoms with E-state index in [9.17, 15) is 9.59 Å². The maximum Gasteiger partial charge on any atom is 0.188 e. The van der Waals surface area contributed by atoms with E-state index < -0.39 is 23.0 Å². The number of thioether (sulfide) groups is 1. The average molecular weight is 488 g/mol. The quantitative estimate of drug-likeness (QED) is 0.443. The second kappa shape index (κ2) is 8.45. The maximum atomic E-state index is 14.3. The molecule has 32 heavy (non-hydrogen) atoms. The molecular weight excluding hydrogens is 454 g/mol. The number of carbonyl (C=O) groups is 2. The van der Waals surface area contributed by atoms with Crippen LogP contribution in [0.1, 0.15) is 26.7 Å². The van der Waals surface area contributed by atoms with Crippen molar-refractivity contribution in [1.82, 2.24) is 15.8 Å². The van der Waals surface area contributed by atoms with Crippen LogP contribution < -0.4 is 10.7 Å². The Morgan fingerprint density at radius 1 is 1.09 bits per heavy atom. The normalized spacial score (nSPS) is 53.8. The van der Waals surface area contributed by atoms with E-state index in [0.29, 0.717) is 18.2 Å². The number of carbonyl (C=O) groups excluding carboxylic acids is 2. The molecule has 2 aliphatic carbocycles. The highest BCUT2D eigenvalue weighted by molar-refractivity contribution is 8.00. The lowest BCUT2D eigenvalue weighted by molar-refractivity contribution is -0.170. The Bertz CT molecular complexity index is 791. The lowest BCUT2D eigenvalue weighted by Gasteiger charge is -2.43. The summed E-state index contributed by atoms with van der Waals surface area (Å²) in [6, 6.07) is 0.128. The number of hydrazine groups is 1. The number of halogens is 1. The number of likely N-dealkylation sites (N-methyl/N-ethyl adjacent to an activating group) is 1. The summed E-state index contributed by atoms with van der Waals surface area (Å²) in [5, 5.41) is 5.52. The minimum Gasteiger partial charge on any atom is -0.380 e. The molecule has 180 valence electrons. The van der Waals surface area contributed by atoms with Crippen molar-refractivity contribution < 1.29 is 23.8 Å². The van der Waals surface area contributed by atoms with Crippen molar-refractivity contribution >= 4 is 34.9 Å². The highest BCUT2D eigenvalue weighted by atomic mass is 35.5. The van der Waals surface area contributed by atoms with Crippen LogP contribution in [0.5, 0.6) is 0 Å². The lowest BCUT2D eigenvalue weighted by atomic mass is 9.63. The summed E-state index contributed by atoms with van der Waals surface area (Å²) >= 11 is 8.61. The second-order valence-corrected chi connectivity index (χ2v) is 11.9. The zero-order valence-electron chi connectivity index (χ0n) is 19.2. The molecule has 3 heterocycles. The van der Waals surface area contributed by atoms with Gasteiger partial charge in [0.15, 0.2) is 17.2 Å². The number of ketones is 2. The molecule has 12 atom stereocenters. The van der Waals surface area contributed by atoms with Crippen LogP contribution in [-0.2, 0) is 23.8 Å². The van der Waals surface area contributed by atoms with Crippen LogP contribution >= 0.6 is 23.4 Å². The molecule has 10 heteroatoms. The average Bonchev–Trinajstić information content (AvgIpc) is 3.42. The smallest absolute Gasteiger partial charge is 0.188 e. The second-order valence-electron chi connectivity index (χ2n) is 10.0. The van der Waals surface area contributed by atoms with Gasteiger partial charge in [-0.05, 0) is 13.3 Å².